The molecule has 1 heterocycles. The van der Waals surface area contributed by atoms with Crippen LogP contribution < -0.4 is 5.32 Å². The number of nitrogens with one attached hydrogen (secondary N) is 1. The second kappa shape index (κ2) is 13.1. The van der Waals surface area contributed by atoms with Crippen molar-refractivity contribution in [1.82, 2.24) is 14.5 Å². The SMILES string of the molecule is COC(=O)c1ccc(CN(CC(c2ccccc2)N2CCC(NC(=O)OC(C)(C)C)CC2)S(=O)O)cc1. The molecule has 202 valence electrons. The van der Waals surface area contributed by atoms with Crippen molar-refractivity contribution >= 4 is 23.3 Å². The van der Waals surface area contributed by atoms with Gasteiger partial charge in [-0.25, -0.2) is 13.8 Å². The van der Waals surface area contributed by atoms with E-state index in [1.807, 2.05) is 51.1 Å². The van der Waals surface area contributed by atoms with Crippen LogP contribution in [0.25, 0.3) is 0 Å². The van der Waals surface area contributed by atoms with Gasteiger partial charge in [-0.2, -0.15) is 4.31 Å². The molecule has 1 amide bonds. The summed E-state index contributed by atoms with van der Waals surface area (Å²) in [6.45, 7) is 7.53. The minimum atomic E-state index is -2.20. The Morgan fingerprint density at radius 2 is 1.73 bits per heavy atom. The maximum Gasteiger partial charge on any atom is 0.407 e. The molecular weight excluding hydrogens is 494 g/mol. The lowest BCUT2D eigenvalue weighted by molar-refractivity contribution is 0.0462. The number of carbonyl (C=O) groups excluding carboxylic acids is 2. The van der Waals surface area contributed by atoms with E-state index in [-0.39, 0.29) is 18.6 Å². The Bertz CT molecular complexity index is 1050. The zero-order chi connectivity index (χ0) is 27.0. The first-order valence-electron chi connectivity index (χ1n) is 12.4. The first-order valence-corrected chi connectivity index (χ1v) is 13.4. The summed E-state index contributed by atoms with van der Waals surface area (Å²) in [5.41, 5.74) is 1.74. The Labute approximate surface area is 221 Å². The largest absolute Gasteiger partial charge is 0.465 e. The van der Waals surface area contributed by atoms with E-state index in [9.17, 15) is 18.4 Å². The number of likely N-dealkylation sites (tertiary alicyclic amines) is 1. The molecule has 2 N–H and O–H groups in total. The third-order valence-corrected chi connectivity index (χ3v) is 6.93. The van der Waals surface area contributed by atoms with Crippen LogP contribution in [0.4, 0.5) is 4.79 Å². The van der Waals surface area contributed by atoms with Gasteiger partial charge in [-0.05, 0) is 56.9 Å². The molecule has 1 fully saturated rings. The predicted molar refractivity (Wildman–Crippen MR) is 142 cm³/mol. The molecule has 2 aromatic carbocycles. The Morgan fingerprint density at radius 1 is 1.11 bits per heavy atom. The predicted octanol–water partition coefficient (Wildman–Crippen LogP) is 4.14. The molecule has 1 aliphatic rings. The minimum absolute atomic E-state index is 0.0129. The Balaban J connectivity index is 1.69. The number of amides is 1. The van der Waals surface area contributed by atoms with Gasteiger partial charge in [0.2, 0.25) is 11.3 Å². The van der Waals surface area contributed by atoms with Gasteiger partial charge in [-0.3, -0.25) is 9.45 Å². The highest BCUT2D eigenvalue weighted by Gasteiger charge is 2.30. The van der Waals surface area contributed by atoms with Crippen molar-refractivity contribution in [3.8, 4) is 0 Å². The summed E-state index contributed by atoms with van der Waals surface area (Å²) in [5, 5.41) is 2.96. The number of esters is 1. The molecule has 0 aromatic heterocycles. The summed E-state index contributed by atoms with van der Waals surface area (Å²) in [6.07, 6.45) is 1.09. The van der Waals surface area contributed by atoms with Gasteiger partial charge in [0, 0.05) is 38.3 Å². The average molecular weight is 532 g/mol. The van der Waals surface area contributed by atoms with Crippen LogP contribution in [0.1, 0.15) is 61.1 Å². The molecule has 1 aliphatic heterocycles. The standard InChI is InChI=1S/C27H37N3O6S/c1-27(2,3)36-26(32)28-23-14-16-29(17-15-23)24(21-8-6-5-7-9-21)19-30(37(33)34)18-20-10-12-22(13-11-20)25(31)35-4/h5-13,23-24H,14-19H2,1-4H3,(H,28,32)(H,33,34). The van der Waals surface area contributed by atoms with Crippen molar-refractivity contribution in [3.63, 3.8) is 0 Å². The maximum atomic E-state index is 12.3. The molecule has 10 heteroatoms. The third-order valence-electron chi connectivity index (χ3n) is 6.21. The van der Waals surface area contributed by atoms with E-state index >= 15 is 0 Å². The van der Waals surface area contributed by atoms with Gasteiger partial charge in [0.05, 0.1) is 12.7 Å². The van der Waals surface area contributed by atoms with Crippen molar-refractivity contribution in [3.05, 3.63) is 71.3 Å². The summed E-state index contributed by atoms with van der Waals surface area (Å²) in [4.78, 5) is 26.2. The Kier molecular flexibility index (Phi) is 10.2. The van der Waals surface area contributed by atoms with Gasteiger partial charge in [0.15, 0.2) is 0 Å². The summed E-state index contributed by atoms with van der Waals surface area (Å²) in [5.74, 6) is -0.428. The summed E-state index contributed by atoms with van der Waals surface area (Å²) < 4.78 is 34.1. The molecule has 0 saturated carbocycles. The highest BCUT2D eigenvalue weighted by molar-refractivity contribution is 7.76. The molecule has 0 radical (unpaired) electrons. The molecule has 0 bridgehead atoms. The number of nitrogens with zero attached hydrogens (tertiary/aromatic N) is 2. The second-order valence-electron chi connectivity index (χ2n) is 10.1. The molecule has 0 spiro atoms. The lowest BCUT2D eigenvalue weighted by Crippen LogP contribution is -2.48. The van der Waals surface area contributed by atoms with Crippen LogP contribution in [0.2, 0.25) is 0 Å². The number of hydrogen-bond acceptors (Lipinski definition) is 6. The molecule has 2 unspecified atom stereocenters. The number of alkyl carbamates (subject to hydrolysis) is 1. The van der Waals surface area contributed by atoms with Crippen LogP contribution in [-0.2, 0) is 27.3 Å². The third kappa shape index (κ3) is 8.92. The van der Waals surface area contributed by atoms with Gasteiger partial charge >= 0.3 is 12.1 Å². The summed E-state index contributed by atoms with van der Waals surface area (Å²) in [7, 11) is 1.33. The van der Waals surface area contributed by atoms with Gasteiger partial charge in [0.1, 0.15) is 5.60 Å². The van der Waals surface area contributed by atoms with Crippen LogP contribution in [0.3, 0.4) is 0 Å². The van der Waals surface area contributed by atoms with Crippen molar-refractivity contribution in [2.75, 3.05) is 26.7 Å². The van der Waals surface area contributed by atoms with Crippen molar-refractivity contribution in [2.24, 2.45) is 0 Å². The van der Waals surface area contributed by atoms with Crippen LogP contribution >= 0.6 is 0 Å². The normalized spacial score (nSPS) is 16.7. The fourth-order valence-electron chi connectivity index (χ4n) is 4.38. The number of methoxy groups -OCH3 is 1. The summed E-state index contributed by atoms with van der Waals surface area (Å²) in [6, 6.07) is 16.6. The first kappa shape index (κ1) is 28.8. The van der Waals surface area contributed by atoms with E-state index in [0.29, 0.717) is 12.1 Å². The van der Waals surface area contributed by atoms with Crippen LogP contribution in [-0.4, -0.2) is 68.4 Å². The van der Waals surface area contributed by atoms with Crippen LogP contribution in [0.15, 0.2) is 54.6 Å². The Hall–Kier alpha value is -2.79. The van der Waals surface area contributed by atoms with E-state index in [2.05, 4.69) is 10.2 Å². The molecule has 37 heavy (non-hydrogen) atoms. The first-order chi connectivity index (χ1) is 17.6. The van der Waals surface area contributed by atoms with Crippen molar-refractivity contribution in [1.29, 1.82) is 0 Å². The van der Waals surface area contributed by atoms with E-state index in [4.69, 9.17) is 9.47 Å². The zero-order valence-corrected chi connectivity index (χ0v) is 22.7. The number of carbonyl (C=O) groups is 2. The van der Waals surface area contributed by atoms with Gasteiger partial charge < -0.3 is 14.8 Å². The maximum absolute atomic E-state index is 12.3. The molecule has 3 rings (SSSR count). The van der Waals surface area contributed by atoms with Crippen LogP contribution in [0, 0.1) is 0 Å². The van der Waals surface area contributed by atoms with Crippen molar-refractivity contribution < 1.29 is 27.8 Å². The van der Waals surface area contributed by atoms with E-state index in [1.54, 1.807) is 24.3 Å². The summed E-state index contributed by atoms with van der Waals surface area (Å²) >= 11 is -2.20. The molecule has 1 saturated heterocycles. The lowest BCUT2D eigenvalue weighted by atomic mass is 9.99. The second-order valence-corrected chi connectivity index (χ2v) is 11.1. The Morgan fingerprint density at radius 3 is 2.27 bits per heavy atom. The number of rotatable bonds is 9. The fraction of sp³-hybridized carbons (Fsp3) is 0.481. The van der Waals surface area contributed by atoms with Gasteiger partial charge in [-0.1, -0.05) is 42.5 Å². The molecular formula is C27H37N3O6S. The fourth-order valence-corrected chi connectivity index (χ4v) is 4.91. The van der Waals surface area contributed by atoms with Crippen LogP contribution in [0.5, 0.6) is 0 Å². The number of benzene rings is 2. The number of piperidine rings is 1. The van der Waals surface area contributed by atoms with E-state index < -0.39 is 28.9 Å². The smallest absolute Gasteiger partial charge is 0.407 e. The van der Waals surface area contributed by atoms with E-state index in [0.717, 1.165) is 37.1 Å². The average Bonchev–Trinajstić information content (AvgIpc) is 2.86. The van der Waals surface area contributed by atoms with Gasteiger partial charge in [0.25, 0.3) is 0 Å². The number of hydrogen-bond donors (Lipinski definition) is 2. The van der Waals surface area contributed by atoms with Gasteiger partial charge in [-0.15, -0.1) is 0 Å². The molecule has 2 aromatic rings. The number of ether oxygens (including phenoxy) is 2. The molecule has 9 nitrogen and oxygen atoms in total. The highest BCUT2D eigenvalue weighted by Crippen LogP contribution is 2.27. The molecule has 0 aliphatic carbocycles. The highest BCUT2D eigenvalue weighted by atomic mass is 32.2. The molecule has 2 atom stereocenters. The monoisotopic (exact) mass is 531 g/mol. The van der Waals surface area contributed by atoms with Crippen molar-refractivity contribution in [2.45, 2.75) is 57.8 Å². The quantitative estimate of drug-likeness (QED) is 0.370. The van der Waals surface area contributed by atoms with E-state index in [1.165, 1.54) is 11.4 Å². The zero-order valence-electron chi connectivity index (χ0n) is 21.9. The minimum Gasteiger partial charge on any atom is -0.465 e. The lowest BCUT2D eigenvalue weighted by Gasteiger charge is -2.39. The topological polar surface area (TPSA) is 108 Å².